The van der Waals surface area contributed by atoms with Gasteiger partial charge in [0.1, 0.15) is 0 Å². The number of carbonyl (C=O) groups is 1. The molecule has 2 aromatic heterocycles. The van der Waals surface area contributed by atoms with E-state index in [1.807, 2.05) is 37.3 Å². The maximum atomic E-state index is 12.3. The number of aromatic nitrogens is 2. The van der Waals surface area contributed by atoms with Crippen LogP contribution in [-0.4, -0.2) is 15.9 Å². The Morgan fingerprint density at radius 2 is 2.04 bits per heavy atom. The van der Waals surface area contributed by atoms with Crippen molar-refractivity contribution in [1.29, 1.82) is 0 Å². The average Bonchev–Trinajstić information content (AvgIpc) is 3.04. The maximum absolute atomic E-state index is 12.3. The first-order valence-electron chi connectivity index (χ1n) is 7.15. The molecule has 0 aliphatic heterocycles. The SMILES string of the molecule is Cc1ccccc1CNC(=O)c1ccc(-c2ccnc(N)n2)s1. The molecule has 0 bridgehead atoms. The molecule has 3 aromatic rings. The predicted molar refractivity (Wildman–Crippen MR) is 92.1 cm³/mol. The van der Waals surface area contributed by atoms with Crippen LogP contribution in [0.2, 0.25) is 0 Å². The van der Waals surface area contributed by atoms with Crippen LogP contribution in [0.5, 0.6) is 0 Å². The summed E-state index contributed by atoms with van der Waals surface area (Å²) >= 11 is 1.38. The molecule has 1 aromatic carbocycles. The monoisotopic (exact) mass is 324 g/mol. The van der Waals surface area contributed by atoms with Crippen molar-refractivity contribution >= 4 is 23.2 Å². The van der Waals surface area contributed by atoms with Gasteiger partial charge in [0.05, 0.1) is 15.4 Å². The fourth-order valence-electron chi connectivity index (χ4n) is 2.18. The van der Waals surface area contributed by atoms with Crippen LogP contribution in [0.25, 0.3) is 10.6 Å². The number of hydrogen-bond donors (Lipinski definition) is 2. The Morgan fingerprint density at radius 3 is 2.83 bits per heavy atom. The Labute approximate surface area is 138 Å². The van der Waals surface area contributed by atoms with Gasteiger partial charge in [0.15, 0.2) is 0 Å². The van der Waals surface area contributed by atoms with Crippen molar-refractivity contribution in [3.05, 3.63) is 64.7 Å². The number of rotatable bonds is 4. The molecule has 0 aliphatic rings. The highest BCUT2D eigenvalue weighted by Crippen LogP contribution is 2.26. The number of nitrogens with two attached hydrogens (primary N) is 1. The standard InChI is InChI=1S/C17H16N4OS/c1-11-4-2-3-5-12(11)10-20-16(22)15-7-6-14(23-15)13-8-9-19-17(18)21-13/h2-9H,10H2,1H3,(H,20,22)(H2,18,19,21). The Kier molecular flexibility index (Phi) is 4.34. The van der Waals surface area contributed by atoms with E-state index < -0.39 is 0 Å². The van der Waals surface area contributed by atoms with Crippen LogP contribution in [0.1, 0.15) is 20.8 Å². The first-order chi connectivity index (χ1) is 11.1. The molecule has 0 saturated heterocycles. The van der Waals surface area contributed by atoms with Crippen molar-refractivity contribution in [2.75, 3.05) is 5.73 Å². The number of benzene rings is 1. The van der Waals surface area contributed by atoms with Crippen LogP contribution >= 0.6 is 11.3 Å². The second kappa shape index (κ2) is 6.58. The lowest BCUT2D eigenvalue weighted by atomic mass is 10.1. The number of carbonyl (C=O) groups excluding carboxylic acids is 1. The van der Waals surface area contributed by atoms with E-state index in [0.717, 1.165) is 21.7 Å². The molecule has 0 spiro atoms. The number of anilines is 1. The zero-order valence-electron chi connectivity index (χ0n) is 12.6. The van der Waals surface area contributed by atoms with Crippen LogP contribution in [0.3, 0.4) is 0 Å². The molecular weight excluding hydrogens is 308 g/mol. The molecule has 6 heteroatoms. The van der Waals surface area contributed by atoms with Crippen LogP contribution in [0, 0.1) is 6.92 Å². The smallest absolute Gasteiger partial charge is 0.261 e. The fourth-order valence-corrected chi connectivity index (χ4v) is 3.07. The Hall–Kier alpha value is -2.73. The summed E-state index contributed by atoms with van der Waals surface area (Å²) in [5.74, 6) is 0.132. The molecule has 5 nitrogen and oxygen atoms in total. The lowest BCUT2D eigenvalue weighted by Gasteiger charge is -2.06. The summed E-state index contributed by atoms with van der Waals surface area (Å²) in [6, 6.07) is 13.4. The lowest BCUT2D eigenvalue weighted by Crippen LogP contribution is -2.22. The molecule has 0 atom stereocenters. The van der Waals surface area contributed by atoms with Crippen LogP contribution in [0.15, 0.2) is 48.7 Å². The minimum absolute atomic E-state index is 0.0912. The third kappa shape index (κ3) is 3.54. The van der Waals surface area contributed by atoms with Gasteiger partial charge in [-0.05, 0) is 36.2 Å². The van der Waals surface area contributed by atoms with Crippen molar-refractivity contribution in [2.45, 2.75) is 13.5 Å². The van der Waals surface area contributed by atoms with Crippen LogP contribution in [-0.2, 0) is 6.54 Å². The van der Waals surface area contributed by atoms with Crippen molar-refractivity contribution in [3.63, 3.8) is 0 Å². The van der Waals surface area contributed by atoms with Crippen molar-refractivity contribution < 1.29 is 4.79 Å². The zero-order valence-corrected chi connectivity index (χ0v) is 13.4. The quantitative estimate of drug-likeness (QED) is 0.773. The molecule has 0 radical (unpaired) electrons. The summed E-state index contributed by atoms with van der Waals surface area (Å²) in [6.07, 6.45) is 1.61. The second-order valence-electron chi connectivity index (χ2n) is 5.07. The molecule has 0 saturated carbocycles. The number of aryl methyl sites for hydroxylation is 1. The van der Waals surface area contributed by atoms with Crippen molar-refractivity contribution in [3.8, 4) is 10.6 Å². The van der Waals surface area contributed by atoms with Gasteiger partial charge < -0.3 is 11.1 Å². The third-order valence-electron chi connectivity index (χ3n) is 3.46. The van der Waals surface area contributed by atoms with E-state index in [9.17, 15) is 4.79 Å². The van der Waals surface area contributed by atoms with Gasteiger partial charge in [-0.2, -0.15) is 0 Å². The highest BCUT2D eigenvalue weighted by Gasteiger charge is 2.11. The number of thiophene rings is 1. The minimum Gasteiger partial charge on any atom is -0.368 e. The number of amides is 1. The summed E-state index contributed by atoms with van der Waals surface area (Å²) < 4.78 is 0. The summed E-state index contributed by atoms with van der Waals surface area (Å²) in [5.41, 5.74) is 8.59. The van der Waals surface area contributed by atoms with E-state index in [0.29, 0.717) is 11.4 Å². The van der Waals surface area contributed by atoms with Gasteiger partial charge in [0.2, 0.25) is 5.95 Å². The highest BCUT2D eigenvalue weighted by atomic mass is 32.1. The summed E-state index contributed by atoms with van der Waals surface area (Å²) in [6.45, 7) is 2.55. The number of hydrogen-bond acceptors (Lipinski definition) is 5. The summed E-state index contributed by atoms with van der Waals surface area (Å²) in [7, 11) is 0. The van der Waals surface area contributed by atoms with Gasteiger partial charge in [-0.15, -0.1) is 11.3 Å². The van der Waals surface area contributed by atoms with Gasteiger partial charge in [0.25, 0.3) is 5.91 Å². The molecule has 23 heavy (non-hydrogen) atoms. The van der Waals surface area contributed by atoms with Crippen LogP contribution < -0.4 is 11.1 Å². The number of nitrogen functional groups attached to an aromatic ring is 1. The largest absolute Gasteiger partial charge is 0.368 e. The molecular formula is C17H16N4OS. The summed E-state index contributed by atoms with van der Waals surface area (Å²) in [4.78, 5) is 21.9. The minimum atomic E-state index is -0.0912. The van der Waals surface area contributed by atoms with E-state index in [4.69, 9.17) is 5.73 Å². The topological polar surface area (TPSA) is 80.9 Å². The van der Waals surface area contributed by atoms with E-state index >= 15 is 0 Å². The van der Waals surface area contributed by atoms with E-state index in [1.54, 1.807) is 18.3 Å². The molecule has 0 aliphatic carbocycles. The molecule has 2 heterocycles. The van der Waals surface area contributed by atoms with Gasteiger partial charge >= 0.3 is 0 Å². The molecule has 3 N–H and O–H groups in total. The van der Waals surface area contributed by atoms with Gasteiger partial charge in [-0.3, -0.25) is 4.79 Å². The number of nitrogens with zero attached hydrogens (tertiary/aromatic N) is 2. The van der Waals surface area contributed by atoms with Gasteiger partial charge in [-0.1, -0.05) is 24.3 Å². The molecule has 116 valence electrons. The van der Waals surface area contributed by atoms with Gasteiger partial charge in [-0.25, -0.2) is 9.97 Å². The maximum Gasteiger partial charge on any atom is 0.261 e. The number of nitrogens with one attached hydrogen (secondary N) is 1. The van der Waals surface area contributed by atoms with Crippen molar-refractivity contribution in [1.82, 2.24) is 15.3 Å². The van der Waals surface area contributed by atoms with E-state index in [2.05, 4.69) is 15.3 Å². The van der Waals surface area contributed by atoms with Gasteiger partial charge in [0, 0.05) is 12.7 Å². The predicted octanol–water partition coefficient (Wildman–Crippen LogP) is 3.03. The summed E-state index contributed by atoms with van der Waals surface area (Å²) in [5, 5.41) is 2.95. The first-order valence-corrected chi connectivity index (χ1v) is 7.96. The molecule has 3 rings (SSSR count). The molecule has 0 unspecified atom stereocenters. The van der Waals surface area contributed by atoms with Crippen LogP contribution in [0.4, 0.5) is 5.95 Å². The Bertz CT molecular complexity index is 844. The molecule has 0 fully saturated rings. The van der Waals surface area contributed by atoms with Crippen molar-refractivity contribution in [2.24, 2.45) is 0 Å². The fraction of sp³-hybridized carbons (Fsp3) is 0.118. The van der Waals surface area contributed by atoms with E-state index in [1.165, 1.54) is 11.3 Å². The normalized spacial score (nSPS) is 10.5. The lowest BCUT2D eigenvalue weighted by molar-refractivity contribution is 0.0955. The first kappa shape index (κ1) is 15.2. The average molecular weight is 324 g/mol. The van der Waals surface area contributed by atoms with E-state index in [-0.39, 0.29) is 11.9 Å². The molecule has 1 amide bonds. The highest BCUT2D eigenvalue weighted by molar-refractivity contribution is 7.17. The Balaban J connectivity index is 1.70. The third-order valence-corrected chi connectivity index (χ3v) is 4.56. The zero-order chi connectivity index (χ0) is 16.2. The Morgan fingerprint density at radius 1 is 1.22 bits per heavy atom. The second-order valence-corrected chi connectivity index (χ2v) is 6.16.